The van der Waals surface area contributed by atoms with Gasteiger partial charge in [0.2, 0.25) is 0 Å². The summed E-state index contributed by atoms with van der Waals surface area (Å²) in [4.78, 5) is 7.94. The highest BCUT2D eigenvalue weighted by Gasteiger charge is 2.14. The third-order valence-corrected chi connectivity index (χ3v) is 4.21. The number of hydrogen-bond donors (Lipinski definition) is 4. The van der Waals surface area contributed by atoms with E-state index in [0.29, 0.717) is 11.4 Å². The van der Waals surface area contributed by atoms with E-state index in [4.69, 9.17) is 16.9 Å². The molecule has 0 saturated carbocycles. The zero-order valence-corrected chi connectivity index (χ0v) is 14.5. The number of nitrogens with two attached hydrogens (primary N) is 2. The van der Waals surface area contributed by atoms with E-state index in [-0.39, 0.29) is 6.04 Å². The van der Waals surface area contributed by atoms with Gasteiger partial charge in [-0.15, -0.1) is 0 Å². The van der Waals surface area contributed by atoms with Gasteiger partial charge in [-0.1, -0.05) is 36.4 Å². The number of H-pyrrole nitrogens is 1. The zero-order chi connectivity index (χ0) is 18.0. The molecule has 128 valence electrons. The number of nitrogens with one attached hydrogen (secondary N) is 2. The molecule has 1 unspecified atom stereocenters. The summed E-state index contributed by atoms with van der Waals surface area (Å²) < 4.78 is 0. The maximum atomic E-state index is 7.94. The van der Waals surface area contributed by atoms with Crippen LogP contribution in [0.2, 0.25) is 0 Å². The van der Waals surface area contributed by atoms with Gasteiger partial charge in [0.05, 0.1) is 17.1 Å². The van der Waals surface area contributed by atoms with Crippen molar-refractivity contribution in [1.82, 2.24) is 9.97 Å². The minimum atomic E-state index is -0.200. The summed E-state index contributed by atoms with van der Waals surface area (Å²) in [6.45, 7) is 3.55. The molecule has 1 heterocycles. The number of nitrogens with zero attached hydrogens (tertiary/aromatic N) is 1. The van der Waals surface area contributed by atoms with Crippen molar-refractivity contribution in [3.63, 3.8) is 0 Å². The quantitative estimate of drug-likeness (QED) is 0.537. The average molecular weight is 333 g/mol. The Labute approximate surface area is 147 Å². The zero-order valence-electron chi connectivity index (χ0n) is 14.5. The van der Waals surface area contributed by atoms with E-state index in [1.807, 2.05) is 43.3 Å². The highest BCUT2D eigenvalue weighted by atomic mass is 15.0. The van der Waals surface area contributed by atoms with Crippen LogP contribution in [-0.4, -0.2) is 15.7 Å². The summed E-state index contributed by atoms with van der Waals surface area (Å²) in [5, 5.41) is 7.94. The molecular formula is C20H23N5. The van der Waals surface area contributed by atoms with Gasteiger partial charge in [0, 0.05) is 17.0 Å². The fraction of sp³-hybridized carbons (Fsp3) is 0.200. The molecule has 1 atom stereocenters. The lowest BCUT2D eigenvalue weighted by Crippen LogP contribution is -2.14. The van der Waals surface area contributed by atoms with E-state index in [1.54, 1.807) is 6.92 Å². The van der Waals surface area contributed by atoms with Gasteiger partial charge < -0.3 is 21.9 Å². The maximum Gasteiger partial charge on any atom is 0.124 e. The molecule has 0 amide bonds. The van der Waals surface area contributed by atoms with Crippen LogP contribution in [0.5, 0.6) is 0 Å². The van der Waals surface area contributed by atoms with Crippen molar-refractivity contribution in [3.8, 4) is 0 Å². The number of hydrogen-bond acceptors (Lipinski definition) is 4. The van der Waals surface area contributed by atoms with Crippen LogP contribution < -0.4 is 11.5 Å². The van der Waals surface area contributed by atoms with Gasteiger partial charge in [-0.2, -0.15) is 0 Å². The third-order valence-electron chi connectivity index (χ3n) is 4.21. The molecule has 25 heavy (non-hydrogen) atoms. The van der Waals surface area contributed by atoms with Gasteiger partial charge in [0.1, 0.15) is 5.82 Å². The van der Waals surface area contributed by atoms with Crippen LogP contribution in [-0.2, 0) is 6.42 Å². The number of allylic oxidation sites excluding steroid dienone is 2. The molecule has 3 aromatic rings. The predicted octanol–water partition coefficient (Wildman–Crippen LogP) is 3.53. The van der Waals surface area contributed by atoms with Gasteiger partial charge in [-0.3, -0.25) is 0 Å². The maximum absolute atomic E-state index is 7.94. The summed E-state index contributed by atoms with van der Waals surface area (Å²) in [5.74, 6) is 0.762. The summed E-state index contributed by atoms with van der Waals surface area (Å²) in [6.07, 6.45) is 0.722. The molecule has 0 bridgehead atoms. The molecule has 0 aliphatic carbocycles. The molecule has 0 radical (unpaired) electrons. The Morgan fingerprint density at radius 2 is 1.88 bits per heavy atom. The van der Waals surface area contributed by atoms with Crippen molar-refractivity contribution in [1.29, 1.82) is 5.41 Å². The summed E-state index contributed by atoms with van der Waals surface area (Å²) >= 11 is 0. The molecule has 1 aromatic heterocycles. The lowest BCUT2D eigenvalue weighted by Gasteiger charge is -2.08. The Bertz CT molecular complexity index is 933. The van der Waals surface area contributed by atoms with E-state index in [1.165, 1.54) is 5.56 Å². The standard InChI is InChI=1S/C20H23N5/c1-12(21)19(13(2)22)15-8-9-17-18(11-15)25-20(24-17)16(23)10-14-6-4-3-5-7-14/h3-9,11,16,21H,10,22-23H2,1-2H3,(H,24,25)/b19-13+,21-12?. The fourth-order valence-electron chi connectivity index (χ4n) is 3.07. The van der Waals surface area contributed by atoms with Crippen molar-refractivity contribution in [2.24, 2.45) is 11.5 Å². The Kier molecular flexibility index (Phi) is 4.67. The topological polar surface area (TPSA) is 105 Å². The number of imidazole rings is 1. The summed E-state index contributed by atoms with van der Waals surface area (Å²) in [5.41, 5.74) is 18.0. The first-order valence-corrected chi connectivity index (χ1v) is 8.27. The van der Waals surface area contributed by atoms with Crippen LogP contribution in [0, 0.1) is 5.41 Å². The minimum absolute atomic E-state index is 0.200. The van der Waals surface area contributed by atoms with Gasteiger partial charge in [-0.25, -0.2) is 4.98 Å². The molecule has 0 fully saturated rings. The van der Waals surface area contributed by atoms with Gasteiger partial charge in [-0.05, 0) is 43.5 Å². The molecule has 0 aliphatic rings. The van der Waals surface area contributed by atoms with Crippen molar-refractivity contribution >= 4 is 22.3 Å². The molecule has 2 aromatic carbocycles. The first-order chi connectivity index (χ1) is 12.0. The first kappa shape index (κ1) is 16.9. The number of aromatic nitrogens is 2. The van der Waals surface area contributed by atoms with E-state index < -0.39 is 0 Å². The molecule has 6 N–H and O–H groups in total. The summed E-state index contributed by atoms with van der Waals surface area (Å²) in [6, 6.07) is 15.8. The minimum Gasteiger partial charge on any atom is -0.402 e. The van der Waals surface area contributed by atoms with Crippen molar-refractivity contribution in [2.45, 2.75) is 26.3 Å². The number of aromatic amines is 1. The molecule has 0 spiro atoms. The Morgan fingerprint density at radius 3 is 2.52 bits per heavy atom. The van der Waals surface area contributed by atoms with Gasteiger partial charge >= 0.3 is 0 Å². The normalized spacial score (nSPS) is 13.6. The lowest BCUT2D eigenvalue weighted by molar-refractivity contribution is 0.680. The van der Waals surface area contributed by atoms with E-state index in [0.717, 1.165) is 34.4 Å². The van der Waals surface area contributed by atoms with Crippen LogP contribution >= 0.6 is 0 Å². The largest absolute Gasteiger partial charge is 0.402 e. The van der Waals surface area contributed by atoms with E-state index in [2.05, 4.69) is 22.1 Å². The Balaban J connectivity index is 1.93. The van der Waals surface area contributed by atoms with Crippen LogP contribution in [0.25, 0.3) is 16.6 Å². The Morgan fingerprint density at radius 1 is 1.16 bits per heavy atom. The molecule has 0 saturated heterocycles. The highest BCUT2D eigenvalue weighted by molar-refractivity contribution is 6.22. The molecule has 0 aliphatic heterocycles. The van der Waals surface area contributed by atoms with Crippen LogP contribution in [0.15, 0.2) is 54.2 Å². The predicted molar refractivity (Wildman–Crippen MR) is 103 cm³/mol. The van der Waals surface area contributed by atoms with Crippen molar-refractivity contribution < 1.29 is 0 Å². The number of benzene rings is 2. The molecular weight excluding hydrogens is 310 g/mol. The highest BCUT2D eigenvalue weighted by Crippen LogP contribution is 2.24. The Hall–Kier alpha value is -2.92. The molecule has 5 nitrogen and oxygen atoms in total. The van der Waals surface area contributed by atoms with Crippen LogP contribution in [0.3, 0.4) is 0 Å². The molecule has 3 rings (SSSR count). The smallest absolute Gasteiger partial charge is 0.124 e. The van der Waals surface area contributed by atoms with E-state index >= 15 is 0 Å². The van der Waals surface area contributed by atoms with E-state index in [9.17, 15) is 0 Å². The number of fused-ring (bicyclic) bond motifs is 1. The second-order valence-corrected chi connectivity index (χ2v) is 6.33. The number of rotatable bonds is 5. The third kappa shape index (κ3) is 3.61. The average Bonchev–Trinajstić information content (AvgIpc) is 2.98. The second-order valence-electron chi connectivity index (χ2n) is 6.33. The SMILES string of the molecule is CC(=N)/C(=C(/C)N)c1ccc2nc(C(N)Cc3ccccc3)[nH]c2c1. The fourth-order valence-corrected chi connectivity index (χ4v) is 3.07. The molecule has 5 heteroatoms. The lowest BCUT2D eigenvalue weighted by atomic mass is 10.00. The summed E-state index contributed by atoms with van der Waals surface area (Å²) in [7, 11) is 0. The van der Waals surface area contributed by atoms with Gasteiger partial charge in [0.25, 0.3) is 0 Å². The van der Waals surface area contributed by atoms with Crippen molar-refractivity contribution in [2.75, 3.05) is 0 Å². The van der Waals surface area contributed by atoms with Crippen molar-refractivity contribution in [3.05, 3.63) is 71.2 Å². The first-order valence-electron chi connectivity index (χ1n) is 8.27. The van der Waals surface area contributed by atoms with Crippen LogP contribution in [0.4, 0.5) is 0 Å². The second kappa shape index (κ2) is 6.91. The van der Waals surface area contributed by atoms with Crippen LogP contribution in [0.1, 0.15) is 36.8 Å². The van der Waals surface area contributed by atoms with Gasteiger partial charge in [0.15, 0.2) is 0 Å². The monoisotopic (exact) mass is 333 g/mol.